The van der Waals surface area contributed by atoms with Gasteiger partial charge in [-0.2, -0.15) is 0 Å². The minimum atomic E-state index is -0.294. The lowest BCUT2D eigenvalue weighted by atomic mass is 10.1. The van der Waals surface area contributed by atoms with Crippen molar-refractivity contribution in [1.29, 1.82) is 0 Å². The fourth-order valence-electron chi connectivity index (χ4n) is 2.92. The third kappa shape index (κ3) is 4.39. The predicted molar refractivity (Wildman–Crippen MR) is 103 cm³/mol. The molecular formula is C19H22N4O3S. The van der Waals surface area contributed by atoms with Crippen LogP contribution in [0.5, 0.6) is 0 Å². The van der Waals surface area contributed by atoms with Gasteiger partial charge in [-0.25, -0.2) is 0 Å². The van der Waals surface area contributed by atoms with Crippen LogP contribution in [-0.4, -0.2) is 39.4 Å². The van der Waals surface area contributed by atoms with Gasteiger partial charge in [-0.3, -0.25) is 19.3 Å². The molecule has 142 valence electrons. The smallest absolute Gasteiger partial charge is 0.261 e. The van der Waals surface area contributed by atoms with Gasteiger partial charge in [-0.05, 0) is 31.4 Å². The van der Waals surface area contributed by atoms with Crippen molar-refractivity contribution in [2.75, 3.05) is 11.9 Å². The van der Waals surface area contributed by atoms with E-state index in [9.17, 15) is 14.4 Å². The maximum Gasteiger partial charge on any atom is 0.261 e. The summed E-state index contributed by atoms with van der Waals surface area (Å²) in [5, 5.41) is 12.1. The molecule has 1 aliphatic rings. The Kier molecular flexibility index (Phi) is 5.65. The molecule has 0 aliphatic carbocycles. The fourth-order valence-corrected chi connectivity index (χ4v) is 3.89. The molecule has 0 bridgehead atoms. The van der Waals surface area contributed by atoms with E-state index in [0.717, 1.165) is 17.0 Å². The van der Waals surface area contributed by atoms with Crippen LogP contribution in [0.3, 0.4) is 0 Å². The summed E-state index contributed by atoms with van der Waals surface area (Å²) < 4.78 is 0. The third-order valence-corrected chi connectivity index (χ3v) is 5.07. The normalized spacial score (nSPS) is 13.4. The molecule has 0 radical (unpaired) electrons. The number of carbonyl (C=O) groups excluding carboxylic acids is 3. The molecule has 1 N–H and O–H groups in total. The Labute approximate surface area is 161 Å². The molecule has 3 amide bonds. The van der Waals surface area contributed by atoms with E-state index in [2.05, 4.69) is 29.4 Å². The Morgan fingerprint density at radius 2 is 1.93 bits per heavy atom. The van der Waals surface area contributed by atoms with Gasteiger partial charge in [0.1, 0.15) is 5.01 Å². The van der Waals surface area contributed by atoms with Crippen LogP contribution in [0.25, 0.3) is 0 Å². The van der Waals surface area contributed by atoms with Crippen LogP contribution in [0.1, 0.15) is 58.0 Å². The van der Waals surface area contributed by atoms with Crippen LogP contribution >= 0.6 is 11.3 Å². The highest BCUT2D eigenvalue weighted by molar-refractivity contribution is 7.15. The summed E-state index contributed by atoms with van der Waals surface area (Å²) in [5.74, 6) is -0.306. The number of rotatable bonds is 7. The average Bonchev–Trinajstić information content (AvgIpc) is 3.12. The summed E-state index contributed by atoms with van der Waals surface area (Å²) in [5.41, 5.74) is 1.81. The number of carbonyl (C=O) groups is 3. The topological polar surface area (TPSA) is 92.3 Å². The first-order chi connectivity index (χ1) is 12.8. The number of nitrogens with zero attached hydrogens (tertiary/aromatic N) is 3. The Morgan fingerprint density at radius 3 is 2.67 bits per heavy atom. The van der Waals surface area contributed by atoms with Gasteiger partial charge in [-0.1, -0.05) is 36.8 Å². The quantitative estimate of drug-likeness (QED) is 0.738. The number of imide groups is 1. The van der Waals surface area contributed by atoms with E-state index in [1.807, 2.05) is 13.0 Å². The molecule has 3 rings (SSSR count). The van der Waals surface area contributed by atoms with Gasteiger partial charge in [0.25, 0.3) is 11.8 Å². The van der Waals surface area contributed by atoms with Gasteiger partial charge in [-0.15, -0.1) is 10.2 Å². The Hall–Kier alpha value is -2.61. The van der Waals surface area contributed by atoms with Crippen LogP contribution in [0, 0.1) is 12.8 Å². The van der Waals surface area contributed by atoms with Crippen LogP contribution in [-0.2, 0) is 11.2 Å². The number of benzene rings is 1. The lowest BCUT2D eigenvalue weighted by Gasteiger charge is -2.13. The zero-order valence-corrected chi connectivity index (χ0v) is 16.4. The molecule has 8 heteroatoms. The minimum absolute atomic E-state index is 0.199. The third-order valence-electron chi connectivity index (χ3n) is 4.21. The molecule has 0 saturated heterocycles. The molecule has 0 unspecified atom stereocenters. The standard InChI is InChI=1S/C19H22N4O3S/c1-11(2)9-16-21-22-19(27-16)20-15(24)5-4-8-23-17(25)13-7-6-12(3)10-14(13)18(23)26/h6-7,10-11H,4-5,8-9H2,1-3H3,(H,20,22,24). The Morgan fingerprint density at radius 1 is 1.19 bits per heavy atom. The van der Waals surface area contributed by atoms with Crippen LogP contribution in [0.15, 0.2) is 18.2 Å². The summed E-state index contributed by atoms with van der Waals surface area (Å²) in [6, 6.07) is 5.23. The van der Waals surface area contributed by atoms with E-state index in [1.165, 1.54) is 16.2 Å². The first-order valence-electron chi connectivity index (χ1n) is 8.94. The first-order valence-corrected chi connectivity index (χ1v) is 9.76. The van der Waals surface area contributed by atoms with E-state index in [4.69, 9.17) is 0 Å². The zero-order valence-electron chi connectivity index (χ0n) is 15.6. The predicted octanol–water partition coefficient (Wildman–Crippen LogP) is 3.06. The Balaban J connectivity index is 1.50. The summed E-state index contributed by atoms with van der Waals surface area (Å²) in [6.45, 7) is 6.29. The van der Waals surface area contributed by atoms with Crippen molar-refractivity contribution < 1.29 is 14.4 Å². The largest absolute Gasteiger partial charge is 0.301 e. The maximum atomic E-state index is 12.4. The molecule has 1 aromatic carbocycles. The number of anilines is 1. The molecular weight excluding hydrogens is 364 g/mol. The van der Waals surface area contributed by atoms with Gasteiger partial charge < -0.3 is 5.32 Å². The second kappa shape index (κ2) is 7.96. The van der Waals surface area contributed by atoms with Crippen molar-refractivity contribution in [1.82, 2.24) is 15.1 Å². The molecule has 7 nitrogen and oxygen atoms in total. The van der Waals surface area contributed by atoms with Crippen molar-refractivity contribution in [3.8, 4) is 0 Å². The molecule has 2 aromatic rings. The SMILES string of the molecule is Cc1ccc2c(c1)C(=O)N(CCCC(=O)Nc1nnc(CC(C)C)s1)C2=O. The second-order valence-corrected chi connectivity index (χ2v) is 8.12. The molecule has 0 fully saturated rings. The highest BCUT2D eigenvalue weighted by Gasteiger charge is 2.34. The first kappa shape index (κ1) is 19.2. The number of aromatic nitrogens is 2. The minimum Gasteiger partial charge on any atom is -0.301 e. The molecule has 0 saturated carbocycles. The van der Waals surface area contributed by atoms with Crippen LogP contribution in [0.2, 0.25) is 0 Å². The fraction of sp³-hybridized carbons (Fsp3) is 0.421. The van der Waals surface area contributed by atoms with Crippen LogP contribution < -0.4 is 5.32 Å². The van der Waals surface area contributed by atoms with Gasteiger partial charge >= 0.3 is 0 Å². The van der Waals surface area contributed by atoms with Crippen molar-refractivity contribution in [2.45, 2.75) is 40.0 Å². The van der Waals surface area contributed by atoms with E-state index in [1.54, 1.807) is 12.1 Å². The van der Waals surface area contributed by atoms with E-state index >= 15 is 0 Å². The average molecular weight is 386 g/mol. The highest BCUT2D eigenvalue weighted by Crippen LogP contribution is 2.24. The summed E-state index contributed by atoms with van der Waals surface area (Å²) in [6.07, 6.45) is 1.42. The zero-order chi connectivity index (χ0) is 19.6. The lowest BCUT2D eigenvalue weighted by molar-refractivity contribution is -0.116. The summed E-state index contributed by atoms with van der Waals surface area (Å²) >= 11 is 1.37. The van der Waals surface area contributed by atoms with Crippen molar-refractivity contribution >= 4 is 34.2 Å². The summed E-state index contributed by atoms with van der Waals surface area (Å²) in [7, 11) is 0. The second-order valence-electron chi connectivity index (χ2n) is 7.06. The molecule has 1 aromatic heterocycles. The number of hydrogen-bond donors (Lipinski definition) is 1. The Bertz CT molecular complexity index is 891. The number of fused-ring (bicyclic) bond motifs is 1. The van der Waals surface area contributed by atoms with Gasteiger partial charge in [0.05, 0.1) is 11.1 Å². The van der Waals surface area contributed by atoms with Gasteiger partial charge in [0, 0.05) is 19.4 Å². The maximum absolute atomic E-state index is 12.4. The molecule has 1 aliphatic heterocycles. The van der Waals surface area contributed by atoms with Crippen molar-refractivity contribution in [2.24, 2.45) is 5.92 Å². The van der Waals surface area contributed by atoms with E-state index < -0.39 is 0 Å². The molecule has 27 heavy (non-hydrogen) atoms. The summed E-state index contributed by atoms with van der Waals surface area (Å²) in [4.78, 5) is 38.1. The molecule has 2 heterocycles. The number of hydrogen-bond acceptors (Lipinski definition) is 6. The monoisotopic (exact) mass is 386 g/mol. The lowest BCUT2D eigenvalue weighted by Crippen LogP contribution is -2.31. The molecule has 0 spiro atoms. The van der Waals surface area contributed by atoms with E-state index in [-0.39, 0.29) is 30.7 Å². The van der Waals surface area contributed by atoms with Gasteiger partial charge in [0.2, 0.25) is 11.0 Å². The molecule has 0 atom stereocenters. The van der Waals surface area contributed by atoms with Crippen molar-refractivity contribution in [3.63, 3.8) is 0 Å². The number of amides is 3. The number of aryl methyl sites for hydroxylation is 1. The van der Waals surface area contributed by atoms with Crippen LogP contribution in [0.4, 0.5) is 5.13 Å². The van der Waals surface area contributed by atoms with Gasteiger partial charge in [0.15, 0.2) is 0 Å². The highest BCUT2D eigenvalue weighted by atomic mass is 32.1. The van der Waals surface area contributed by atoms with E-state index in [0.29, 0.717) is 28.6 Å². The van der Waals surface area contributed by atoms with Crippen molar-refractivity contribution in [3.05, 3.63) is 39.9 Å². The number of nitrogens with one attached hydrogen (secondary N) is 1.